The number of aromatic amines is 1. The molecule has 126 valence electrons. The lowest BCUT2D eigenvalue weighted by atomic mass is 10.3. The lowest BCUT2D eigenvalue weighted by Gasteiger charge is -2.03. The third-order valence-electron chi connectivity index (χ3n) is 3.43. The van der Waals surface area contributed by atoms with Gasteiger partial charge in [0.1, 0.15) is 0 Å². The van der Waals surface area contributed by atoms with E-state index in [1.54, 1.807) is 24.3 Å². The summed E-state index contributed by atoms with van der Waals surface area (Å²) in [4.78, 5) is 16.2. The smallest absolute Gasteiger partial charge is 0.240 e. The van der Waals surface area contributed by atoms with Crippen LogP contribution in [0.4, 0.5) is 11.6 Å². The normalized spacial score (nSPS) is 13.8. The molecule has 24 heavy (non-hydrogen) atoms. The van der Waals surface area contributed by atoms with Crippen LogP contribution in [0.5, 0.6) is 0 Å². The van der Waals surface area contributed by atoms with E-state index in [0.717, 1.165) is 18.6 Å². The minimum Gasteiger partial charge on any atom is -0.325 e. The molecule has 0 spiro atoms. The lowest BCUT2D eigenvalue weighted by molar-refractivity contribution is -0.113. The van der Waals surface area contributed by atoms with Gasteiger partial charge in [-0.2, -0.15) is 10.1 Å². The van der Waals surface area contributed by atoms with Crippen LogP contribution in [-0.2, 0) is 4.79 Å². The standard InChI is InChI=1S/C15H17ClN6OS/c16-10-5-7-11(8-6-10)17-13(23)9-24-15-18-14(21-22-15)20-19-12-3-1-2-4-12/h5-8H,1-4,9H2,(H,17,23)(H2,18,20,21,22). The Labute approximate surface area is 148 Å². The van der Waals surface area contributed by atoms with Crippen molar-refractivity contribution < 1.29 is 4.79 Å². The molecule has 3 rings (SSSR count). The summed E-state index contributed by atoms with van der Waals surface area (Å²) < 4.78 is 0. The van der Waals surface area contributed by atoms with Crippen LogP contribution < -0.4 is 10.7 Å². The van der Waals surface area contributed by atoms with Crippen molar-refractivity contribution in [2.24, 2.45) is 5.10 Å². The highest BCUT2D eigenvalue weighted by molar-refractivity contribution is 7.99. The Morgan fingerprint density at radius 1 is 1.29 bits per heavy atom. The summed E-state index contributed by atoms with van der Waals surface area (Å²) in [5.41, 5.74) is 4.73. The third-order valence-corrected chi connectivity index (χ3v) is 4.53. The fourth-order valence-electron chi connectivity index (χ4n) is 2.25. The Kier molecular flexibility index (Phi) is 5.71. The summed E-state index contributed by atoms with van der Waals surface area (Å²) in [6.45, 7) is 0. The number of rotatable bonds is 6. The fraction of sp³-hybridized carbons (Fsp3) is 0.333. The summed E-state index contributed by atoms with van der Waals surface area (Å²) >= 11 is 7.06. The number of carbonyl (C=O) groups is 1. The predicted molar refractivity (Wildman–Crippen MR) is 96.7 cm³/mol. The summed E-state index contributed by atoms with van der Waals surface area (Å²) in [5, 5.41) is 15.0. The Hall–Kier alpha value is -2.06. The zero-order chi connectivity index (χ0) is 16.8. The molecule has 0 atom stereocenters. The van der Waals surface area contributed by atoms with Crippen LogP contribution in [-0.4, -0.2) is 32.6 Å². The van der Waals surface area contributed by atoms with Gasteiger partial charge in [0, 0.05) is 16.4 Å². The monoisotopic (exact) mass is 364 g/mol. The van der Waals surface area contributed by atoms with Gasteiger partial charge in [0.2, 0.25) is 17.0 Å². The van der Waals surface area contributed by atoms with Crippen LogP contribution in [0.1, 0.15) is 25.7 Å². The molecular weight excluding hydrogens is 348 g/mol. The van der Waals surface area contributed by atoms with Crippen LogP contribution in [0.3, 0.4) is 0 Å². The molecule has 7 nitrogen and oxygen atoms in total. The van der Waals surface area contributed by atoms with Crippen LogP contribution in [0.2, 0.25) is 5.02 Å². The number of carbonyl (C=O) groups excluding carboxylic acids is 1. The molecule has 1 fully saturated rings. The van der Waals surface area contributed by atoms with Crippen molar-refractivity contribution in [3.05, 3.63) is 29.3 Å². The molecule has 1 amide bonds. The number of aromatic nitrogens is 3. The van der Waals surface area contributed by atoms with E-state index in [2.05, 4.69) is 31.0 Å². The average Bonchev–Trinajstić information content (AvgIpc) is 3.25. The maximum Gasteiger partial charge on any atom is 0.240 e. The Balaban J connectivity index is 1.45. The van der Waals surface area contributed by atoms with E-state index in [9.17, 15) is 4.79 Å². The minimum absolute atomic E-state index is 0.132. The van der Waals surface area contributed by atoms with Crippen LogP contribution >= 0.6 is 23.4 Å². The van der Waals surface area contributed by atoms with E-state index in [-0.39, 0.29) is 11.7 Å². The number of hydrogen-bond acceptors (Lipinski definition) is 6. The molecular formula is C15H17ClN6OS. The van der Waals surface area contributed by atoms with Crippen molar-refractivity contribution in [3.63, 3.8) is 0 Å². The quantitative estimate of drug-likeness (QED) is 0.538. The van der Waals surface area contributed by atoms with Crippen LogP contribution in [0.25, 0.3) is 0 Å². The topological polar surface area (TPSA) is 95.1 Å². The molecule has 1 aromatic heterocycles. The van der Waals surface area contributed by atoms with Crippen molar-refractivity contribution in [1.82, 2.24) is 15.2 Å². The van der Waals surface area contributed by atoms with Gasteiger partial charge in [-0.3, -0.25) is 4.79 Å². The third kappa shape index (κ3) is 4.97. The number of amides is 1. The van der Waals surface area contributed by atoms with E-state index < -0.39 is 0 Å². The zero-order valence-electron chi connectivity index (χ0n) is 12.9. The fourth-order valence-corrected chi connectivity index (χ4v) is 2.97. The van der Waals surface area contributed by atoms with E-state index in [4.69, 9.17) is 11.6 Å². The van der Waals surface area contributed by atoms with Gasteiger partial charge in [0.05, 0.1) is 5.75 Å². The van der Waals surface area contributed by atoms with Gasteiger partial charge in [-0.1, -0.05) is 23.4 Å². The first-order valence-corrected chi connectivity index (χ1v) is 8.97. The number of anilines is 2. The Morgan fingerprint density at radius 2 is 2.04 bits per heavy atom. The van der Waals surface area contributed by atoms with Gasteiger partial charge in [0.25, 0.3) is 0 Å². The van der Waals surface area contributed by atoms with E-state index in [0.29, 0.717) is 21.8 Å². The predicted octanol–water partition coefficient (Wildman–Crippen LogP) is 3.53. The molecule has 0 bridgehead atoms. The van der Waals surface area contributed by atoms with Gasteiger partial charge in [-0.15, -0.1) is 5.10 Å². The first-order chi connectivity index (χ1) is 11.7. The highest BCUT2D eigenvalue weighted by Crippen LogP contribution is 2.18. The van der Waals surface area contributed by atoms with Crippen molar-refractivity contribution in [2.45, 2.75) is 30.8 Å². The number of halogens is 1. The second kappa shape index (κ2) is 8.16. The minimum atomic E-state index is -0.132. The van der Waals surface area contributed by atoms with Gasteiger partial charge in [-0.25, -0.2) is 10.5 Å². The number of nitrogens with one attached hydrogen (secondary N) is 3. The number of thioether (sulfide) groups is 1. The number of nitrogens with zero attached hydrogens (tertiary/aromatic N) is 3. The number of hydrogen-bond donors (Lipinski definition) is 3. The molecule has 0 saturated heterocycles. The summed E-state index contributed by atoms with van der Waals surface area (Å²) in [6, 6.07) is 6.95. The first kappa shape index (κ1) is 16.8. The number of hydrazone groups is 1. The second-order valence-electron chi connectivity index (χ2n) is 5.31. The highest BCUT2D eigenvalue weighted by Gasteiger charge is 2.10. The Bertz CT molecular complexity index is 722. The number of H-pyrrole nitrogens is 1. The molecule has 1 aromatic carbocycles. The van der Waals surface area contributed by atoms with Crippen LogP contribution in [0, 0.1) is 0 Å². The van der Waals surface area contributed by atoms with Gasteiger partial charge in [0.15, 0.2) is 0 Å². The molecule has 3 N–H and O–H groups in total. The van der Waals surface area contributed by atoms with Gasteiger partial charge >= 0.3 is 0 Å². The van der Waals surface area contributed by atoms with Gasteiger partial charge in [-0.05, 0) is 49.9 Å². The number of benzene rings is 1. The zero-order valence-corrected chi connectivity index (χ0v) is 14.5. The first-order valence-electron chi connectivity index (χ1n) is 7.61. The summed E-state index contributed by atoms with van der Waals surface area (Å²) in [5.74, 6) is 0.567. The van der Waals surface area contributed by atoms with E-state index in [1.807, 2.05) is 0 Å². The van der Waals surface area contributed by atoms with Crippen molar-refractivity contribution >= 4 is 46.6 Å². The van der Waals surface area contributed by atoms with Crippen LogP contribution in [0.15, 0.2) is 34.5 Å². The summed E-state index contributed by atoms with van der Waals surface area (Å²) in [6.07, 6.45) is 4.46. The maximum atomic E-state index is 11.9. The van der Waals surface area contributed by atoms with Crippen molar-refractivity contribution in [3.8, 4) is 0 Å². The summed E-state index contributed by atoms with van der Waals surface area (Å²) in [7, 11) is 0. The molecule has 9 heteroatoms. The maximum absolute atomic E-state index is 11.9. The molecule has 1 aliphatic carbocycles. The molecule has 0 unspecified atom stereocenters. The second-order valence-corrected chi connectivity index (χ2v) is 6.69. The SMILES string of the molecule is O=C(CSc1n[nH]c(NN=C2CCCC2)n1)Nc1ccc(Cl)cc1. The molecule has 0 radical (unpaired) electrons. The average molecular weight is 365 g/mol. The largest absolute Gasteiger partial charge is 0.325 e. The highest BCUT2D eigenvalue weighted by atomic mass is 35.5. The van der Waals surface area contributed by atoms with E-state index in [1.165, 1.54) is 24.6 Å². The molecule has 1 aliphatic rings. The van der Waals surface area contributed by atoms with Crippen molar-refractivity contribution in [1.29, 1.82) is 0 Å². The molecule has 0 aliphatic heterocycles. The molecule has 2 aromatic rings. The Morgan fingerprint density at radius 3 is 2.79 bits per heavy atom. The molecule has 1 heterocycles. The lowest BCUT2D eigenvalue weighted by Crippen LogP contribution is -2.13. The molecule has 1 saturated carbocycles. The van der Waals surface area contributed by atoms with Crippen molar-refractivity contribution in [2.75, 3.05) is 16.5 Å². The van der Waals surface area contributed by atoms with Gasteiger partial charge < -0.3 is 5.32 Å². The van der Waals surface area contributed by atoms with E-state index >= 15 is 0 Å².